The second-order valence-corrected chi connectivity index (χ2v) is 7.58. The fourth-order valence-electron chi connectivity index (χ4n) is 4.09. The van der Waals surface area contributed by atoms with Gasteiger partial charge in [-0.3, -0.25) is 24.6 Å². The van der Waals surface area contributed by atoms with Gasteiger partial charge < -0.3 is 15.4 Å². The van der Waals surface area contributed by atoms with Gasteiger partial charge in [0.15, 0.2) is 5.75 Å². The molecule has 29 heavy (non-hydrogen) atoms. The molecule has 4 amide bonds. The quantitative estimate of drug-likeness (QED) is 0.440. The fourth-order valence-corrected chi connectivity index (χ4v) is 4.09. The molecule has 10 nitrogen and oxygen atoms in total. The number of methoxy groups -OCH3 is 1. The summed E-state index contributed by atoms with van der Waals surface area (Å²) in [7, 11) is 1.29. The summed E-state index contributed by atoms with van der Waals surface area (Å²) in [6.07, 6.45) is 3.26. The van der Waals surface area contributed by atoms with Crippen LogP contribution < -0.4 is 15.4 Å². The first-order chi connectivity index (χ1) is 13.7. The molecule has 1 aromatic carbocycles. The van der Waals surface area contributed by atoms with Crippen molar-refractivity contribution in [3.05, 3.63) is 27.8 Å². The minimum absolute atomic E-state index is 0.000810. The van der Waals surface area contributed by atoms with Crippen molar-refractivity contribution in [3.8, 4) is 5.75 Å². The number of carbonyl (C=O) groups is 3. The molecule has 1 aromatic rings. The van der Waals surface area contributed by atoms with Crippen molar-refractivity contribution in [1.82, 2.24) is 10.2 Å². The van der Waals surface area contributed by atoms with E-state index >= 15 is 0 Å². The van der Waals surface area contributed by atoms with Gasteiger partial charge in [0.25, 0.3) is 5.91 Å². The number of nitro benzene ring substituents is 1. The topological polar surface area (TPSA) is 131 Å². The smallest absolute Gasteiger partial charge is 0.325 e. The molecule has 0 radical (unpaired) electrons. The Labute approximate surface area is 167 Å². The molecule has 2 N–H and O–H groups in total. The van der Waals surface area contributed by atoms with Gasteiger partial charge in [0, 0.05) is 17.8 Å². The van der Waals surface area contributed by atoms with E-state index in [0.29, 0.717) is 17.7 Å². The standard InChI is InChI=1S/C19H24N4O6/c1-11-8-14(23(27)28)15(29-3)9-13(11)20-16(24)10-22-17(25)19(21-18(22)26)7-5-4-6-12(19)2/h8-9,12H,4-7,10H2,1-3H3,(H,20,24)(H,21,26)/t12-,19-/m1/s1. The molecule has 1 saturated carbocycles. The Morgan fingerprint density at radius 1 is 1.41 bits per heavy atom. The first-order valence-electron chi connectivity index (χ1n) is 9.46. The zero-order valence-corrected chi connectivity index (χ0v) is 16.6. The molecule has 0 aromatic heterocycles. The van der Waals surface area contributed by atoms with E-state index in [1.165, 1.54) is 19.2 Å². The number of nitro groups is 1. The number of carbonyl (C=O) groups excluding carboxylic acids is 3. The number of amides is 4. The van der Waals surface area contributed by atoms with Crippen molar-refractivity contribution in [2.24, 2.45) is 5.92 Å². The summed E-state index contributed by atoms with van der Waals surface area (Å²) >= 11 is 0. The molecule has 0 bridgehead atoms. The van der Waals surface area contributed by atoms with E-state index in [1.807, 2.05) is 6.92 Å². The second kappa shape index (κ2) is 7.69. The number of nitrogens with zero attached hydrogens (tertiary/aromatic N) is 2. The Morgan fingerprint density at radius 2 is 2.14 bits per heavy atom. The summed E-state index contributed by atoms with van der Waals surface area (Å²) < 4.78 is 5.02. The predicted octanol–water partition coefficient (Wildman–Crippen LogP) is 2.35. The Hall–Kier alpha value is -3.17. The molecule has 2 atom stereocenters. The lowest BCUT2D eigenvalue weighted by molar-refractivity contribution is -0.385. The van der Waals surface area contributed by atoms with Crippen LogP contribution in [0.2, 0.25) is 0 Å². The lowest BCUT2D eigenvalue weighted by Crippen LogP contribution is -2.54. The Kier molecular flexibility index (Phi) is 5.45. The number of benzene rings is 1. The molecule has 0 unspecified atom stereocenters. The van der Waals surface area contributed by atoms with Crippen molar-refractivity contribution >= 4 is 29.2 Å². The number of hydrogen-bond acceptors (Lipinski definition) is 6. The number of anilines is 1. The largest absolute Gasteiger partial charge is 0.490 e. The van der Waals surface area contributed by atoms with E-state index in [4.69, 9.17) is 4.74 Å². The van der Waals surface area contributed by atoms with Gasteiger partial charge in [0.05, 0.1) is 12.0 Å². The summed E-state index contributed by atoms with van der Waals surface area (Å²) in [5.41, 5.74) is -0.377. The molecule has 1 aliphatic carbocycles. The zero-order valence-electron chi connectivity index (χ0n) is 16.6. The van der Waals surface area contributed by atoms with Crippen molar-refractivity contribution < 1.29 is 24.0 Å². The van der Waals surface area contributed by atoms with Crippen molar-refractivity contribution in [1.29, 1.82) is 0 Å². The third-order valence-electron chi connectivity index (χ3n) is 5.80. The highest BCUT2D eigenvalue weighted by molar-refractivity contribution is 6.10. The number of imide groups is 1. The highest BCUT2D eigenvalue weighted by atomic mass is 16.6. The van der Waals surface area contributed by atoms with E-state index in [1.54, 1.807) is 6.92 Å². The van der Waals surface area contributed by atoms with Gasteiger partial charge in [0.2, 0.25) is 5.91 Å². The summed E-state index contributed by atoms with van der Waals surface area (Å²) in [6, 6.07) is 2.07. The molecule has 1 spiro atoms. The third-order valence-corrected chi connectivity index (χ3v) is 5.80. The average molecular weight is 404 g/mol. The Balaban J connectivity index is 1.75. The second-order valence-electron chi connectivity index (χ2n) is 7.58. The van der Waals surface area contributed by atoms with E-state index in [9.17, 15) is 24.5 Å². The van der Waals surface area contributed by atoms with Crippen LogP contribution in [0.25, 0.3) is 0 Å². The molecule has 3 rings (SSSR count). The summed E-state index contributed by atoms with van der Waals surface area (Å²) in [5, 5.41) is 16.5. The SMILES string of the molecule is COc1cc(NC(=O)CN2C(=O)N[C@@]3(CCCC[C@H]3C)C2=O)c(C)cc1[N+](=O)[O-]. The van der Waals surface area contributed by atoms with Gasteiger partial charge in [-0.25, -0.2) is 4.79 Å². The molecule has 2 fully saturated rings. The zero-order chi connectivity index (χ0) is 21.3. The van der Waals surface area contributed by atoms with Gasteiger partial charge in [-0.15, -0.1) is 0 Å². The van der Waals surface area contributed by atoms with Crippen LogP contribution in [-0.4, -0.2) is 46.9 Å². The minimum atomic E-state index is -0.928. The van der Waals surface area contributed by atoms with Crippen molar-refractivity contribution in [2.45, 2.75) is 45.1 Å². The van der Waals surface area contributed by atoms with E-state index in [0.717, 1.165) is 24.2 Å². The summed E-state index contributed by atoms with van der Waals surface area (Å²) in [6.45, 7) is 3.11. The van der Waals surface area contributed by atoms with Gasteiger partial charge in [0.1, 0.15) is 12.1 Å². The number of ether oxygens (including phenoxy) is 1. The molecule has 1 heterocycles. The molecule has 1 aliphatic heterocycles. The Bertz CT molecular complexity index is 886. The number of rotatable bonds is 5. The monoisotopic (exact) mass is 404 g/mol. The molecular weight excluding hydrogens is 380 g/mol. The molecule has 156 valence electrons. The highest BCUT2D eigenvalue weighted by Crippen LogP contribution is 2.38. The van der Waals surface area contributed by atoms with E-state index in [2.05, 4.69) is 10.6 Å². The van der Waals surface area contributed by atoms with Crippen molar-refractivity contribution in [3.63, 3.8) is 0 Å². The molecular formula is C19H24N4O6. The maximum absolute atomic E-state index is 12.9. The summed E-state index contributed by atoms with van der Waals surface area (Å²) in [5.74, 6) is -0.946. The van der Waals surface area contributed by atoms with E-state index in [-0.39, 0.29) is 23.3 Å². The lowest BCUT2D eigenvalue weighted by Gasteiger charge is -2.36. The molecule has 2 aliphatic rings. The van der Waals surface area contributed by atoms with Crippen LogP contribution >= 0.6 is 0 Å². The van der Waals surface area contributed by atoms with Crippen LogP contribution in [-0.2, 0) is 9.59 Å². The first kappa shape index (κ1) is 20.6. The first-order valence-corrected chi connectivity index (χ1v) is 9.46. The maximum Gasteiger partial charge on any atom is 0.325 e. The average Bonchev–Trinajstić information content (AvgIpc) is 2.90. The normalized spacial score (nSPS) is 23.8. The number of urea groups is 1. The minimum Gasteiger partial charge on any atom is -0.490 e. The molecule has 10 heteroatoms. The fraction of sp³-hybridized carbons (Fsp3) is 0.526. The number of nitrogens with one attached hydrogen (secondary N) is 2. The van der Waals surface area contributed by atoms with Crippen LogP contribution in [0, 0.1) is 23.0 Å². The van der Waals surface area contributed by atoms with Gasteiger partial charge in [-0.2, -0.15) is 0 Å². The maximum atomic E-state index is 12.9. The van der Waals surface area contributed by atoms with Gasteiger partial charge in [-0.05, 0) is 31.2 Å². The number of hydrogen-bond donors (Lipinski definition) is 2. The van der Waals surface area contributed by atoms with Crippen LogP contribution in [0.5, 0.6) is 5.75 Å². The lowest BCUT2D eigenvalue weighted by atomic mass is 9.73. The summed E-state index contributed by atoms with van der Waals surface area (Å²) in [4.78, 5) is 49.3. The predicted molar refractivity (Wildman–Crippen MR) is 104 cm³/mol. The van der Waals surface area contributed by atoms with Crippen LogP contribution in [0.1, 0.15) is 38.2 Å². The van der Waals surface area contributed by atoms with Crippen LogP contribution in [0.15, 0.2) is 12.1 Å². The Morgan fingerprint density at radius 3 is 2.76 bits per heavy atom. The van der Waals surface area contributed by atoms with Crippen LogP contribution in [0.3, 0.4) is 0 Å². The van der Waals surface area contributed by atoms with Crippen LogP contribution in [0.4, 0.5) is 16.2 Å². The van der Waals surface area contributed by atoms with Gasteiger partial charge >= 0.3 is 11.7 Å². The highest BCUT2D eigenvalue weighted by Gasteiger charge is 2.55. The van der Waals surface area contributed by atoms with Crippen molar-refractivity contribution in [2.75, 3.05) is 19.0 Å². The third kappa shape index (κ3) is 3.62. The molecule has 1 saturated heterocycles. The van der Waals surface area contributed by atoms with E-state index < -0.39 is 28.9 Å². The number of aryl methyl sites for hydroxylation is 1. The van der Waals surface area contributed by atoms with Gasteiger partial charge in [-0.1, -0.05) is 19.8 Å².